The van der Waals surface area contributed by atoms with Crippen molar-refractivity contribution >= 4 is 23.2 Å². The molecule has 0 heterocycles. The fourth-order valence-electron chi connectivity index (χ4n) is 2.70. The predicted molar refractivity (Wildman–Crippen MR) is 94.8 cm³/mol. The molecule has 0 saturated heterocycles. The molecule has 2 aromatic carbocycles. The number of carbonyl (C=O) groups is 2. The summed E-state index contributed by atoms with van der Waals surface area (Å²) in [6.45, 7) is 0. The first-order chi connectivity index (χ1) is 12.9. The van der Waals surface area contributed by atoms with E-state index in [-0.39, 0.29) is 12.8 Å². The molecule has 1 saturated carbocycles. The first kappa shape index (κ1) is 18.6. The SMILES string of the molecule is COc1ccc(NC(=O)C2(C(=O)Nc3c(F)cccc3F)CC2)cc1OC. The highest BCUT2D eigenvalue weighted by atomic mass is 19.1. The first-order valence-corrected chi connectivity index (χ1v) is 8.20. The lowest BCUT2D eigenvalue weighted by atomic mass is 10.0. The van der Waals surface area contributed by atoms with Gasteiger partial charge in [0, 0.05) is 11.8 Å². The molecule has 6 nitrogen and oxygen atoms in total. The number of nitrogens with one attached hydrogen (secondary N) is 2. The van der Waals surface area contributed by atoms with Gasteiger partial charge in [-0.25, -0.2) is 8.78 Å². The Morgan fingerprint density at radius 1 is 0.926 bits per heavy atom. The van der Waals surface area contributed by atoms with Crippen LogP contribution in [0.2, 0.25) is 0 Å². The first-order valence-electron chi connectivity index (χ1n) is 8.20. The quantitative estimate of drug-likeness (QED) is 0.758. The van der Waals surface area contributed by atoms with E-state index in [0.29, 0.717) is 17.2 Å². The molecule has 27 heavy (non-hydrogen) atoms. The number of methoxy groups -OCH3 is 2. The zero-order chi connectivity index (χ0) is 19.6. The third kappa shape index (κ3) is 3.55. The maximum absolute atomic E-state index is 13.7. The van der Waals surface area contributed by atoms with E-state index in [1.807, 2.05) is 0 Å². The molecule has 142 valence electrons. The second kappa shape index (κ2) is 7.22. The van der Waals surface area contributed by atoms with Crippen LogP contribution in [0.3, 0.4) is 0 Å². The molecule has 0 spiro atoms. The van der Waals surface area contributed by atoms with Crippen LogP contribution in [0, 0.1) is 17.0 Å². The van der Waals surface area contributed by atoms with E-state index < -0.39 is 34.6 Å². The molecular formula is C19H18F2N2O4. The lowest BCUT2D eigenvalue weighted by Gasteiger charge is -2.17. The van der Waals surface area contributed by atoms with Crippen molar-refractivity contribution in [1.82, 2.24) is 0 Å². The highest BCUT2D eigenvalue weighted by Crippen LogP contribution is 2.48. The van der Waals surface area contributed by atoms with Gasteiger partial charge in [-0.1, -0.05) is 6.07 Å². The van der Waals surface area contributed by atoms with Gasteiger partial charge in [0.2, 0.25) is 11.8 Å². The molecular weight excluding hydrogens is 358 g/mol. The molecule has 1 fully saturated rings. The van der Waals surface area contributed by atoms with Crippen molar-refractivity contribution < 1.29 is 27.8 Å². The maximum Gasteiger partial charge on any atom is 0.240 e. The Hall–Kier alpha value is -3.16. The third-order valence-corrected chi connectivity index (χ3v) is 4.46. The minimum atomic E-state index is -1.36. The number of hydrogen-bond acceptors (Lipinski definition) is 4. The smallest absolute Gasteiger partial charge is 0.240 e. The molecule has 0 bridgehead atoms. The molecule has 3 rings (SSSR count). The average Bonchev–Trinajstić information content (AvgIpc) is 3.46. The minimum absolute atomic E-state index is 0.286. The predicted octanol–water partition coefficient (Wildman–Crippen LogP) is 3.34. The number of halogens is 2. The zero-order valence-corrected chi connectivity index (χ0v) is 14.8. The largest absolute Gasteiger partial charge is 0.493 e. The standard InChI is InChI=1S/C19H18F2N2O4/c1-26-14-7-6-11(10-15(14)27-2)22-17(24)19(8-9-19)18(25)23-16-12(20)4-3-5-13(16)21/h3-7,10H,8-9H2,1-2H3,(H,22,24)(H,23,25). The minimum Gasteiger partial charge on any atom is -0.493 e. The summed E-state index contributed by atoms with van der Waals surface area (Å²) in [5.74, 6) is -2.20. The van der Waals surface area contributed by atoms with Crippen LogP contribution < -0.4 is 20.1 Å². The summed E-state index contributed by atoms with van der Waals surface area (Å²) in [4.78, 5) is 25.1. The normalized spacial score (nSPS) is 14.2. The number of hydrogen-bond donors (Lipinski definition) is 2. The molecule has 0 radical (unpaired) electrons. The van der Waals surface area contributed by atoms with Gasteiger partial charge in [-0.05, 0) is 37.1 Å². The van der Waals surface area contributed by atoms with Crippen LogP contribution in [-0.4, -0.2) is 26.0 Å². The van der Waals surface area contributed by atoms with E-state index in [1.165, 1.54) is 20.3 Å². The van der Waals surface area contributed by atoms with Crippen LogP contribution in [0.25, 0.3) is 0 Å². The van der Waals surface area contributed by atoms with Crippen molar-refractivity contribution in [2.45, 2.75) is 12.8 Å². The summed E-state index contributed by atoms with van der Waals surface area (Å²) in [5.41, 5.74) is -1.51. The van der Waals surface area contributed by atoms with Crippen molar-refractivity contribution in [3.8, 4) is 11.5 Å². The van der Waals surface area contributed by atoms with Gasteiger partial charge in [-0.15, -0.1) is 0 Å². The average molecular weight is 376 g/mol. The highest BCUT2D eigenvalue weighted by molar-refractivity contribution is 6.17. The van der Waals surface area contributed by atoms with E-state index in [9.17, 15) is 18.4 Å². The Kier molecular flexibility index (Phi) is 4.98. The number of anilines is 2. The van der Waals surface area contributed by atoms with Gasteiger partial charge in [0.15, 0.2) is 11.5 Å². The highest BCUT2D eigenvalue weighted by Gasteiger charge is 2.56. The molecule has 2 N–H and O–H groups in total. The molecule has 1 aliphatic carbocycles. The van der Waals surface area contributed by atoms with Crippen LogP contribution in [0.15, 0.2) is 36.4 Å². The second-order valence-corrected chi connectivity index (χ2v) is 6.16. The van der Waals surface area contributed by atoms with Crippen molar-refractivity contribution in [1.29, 1.82) is 0 Å². The lowest BCUT2D eigenvalue weighted by Crippen LogP contribution is -2.36. The summed E-state index contributed by atoms with van der Waals surface area (Å²) >= 11 is 0. The van der Waals surface area contributed by atoms with Crippen LogP contribution in [0.5, 0.6) is 11.5 Å². The molecule has 2 aromatic rings. The van der Waals surface area contributed by atoms with E-state index in [0.717, 1.165) is 12.1 Å². The summed E-state index contributed by atoms with van der Waals surface area (Å²) in [6.07, 6.45) is 0.571. The second-order valence-electron chi connectivity index (χ2n) is 6.16. The topological polar surface area (TPSA) is 76.7 Å². The van der Waals surface area contributed by atoms with Crippen molar-refractivity contribution in [3.05, 3.63) is 48.0 Å². The van der Waals surface area contributed by atoms with Crippen LogP contribution in [-0.2, 0) is 9.59 Å². The maximum atomic E-state index is 13.7. The van der Waals surface area contributed by atoms with Crippen LogP contribution in [0.4, 0.5) is 20.2 Å². The van der Waals surface area contributed by atoms with Gasteiger partial charge in [0.05, 0.1) is 14.2 Å². The zero-order valence-electron chi connectivity index (χ0n) is 14.8. The summed E-state index contributed by atoms with van der Waals surface area (Å²) in [6, 6.07) is 8.02. The number of para-hydroxylation sites is 1. The third-order valence-electron chi connectivity index (χ3n) is 4.46. The molecule has 8 heteroatoms. The van der Waals surface area contributed by atoms with E-state index in [4.69, 9.17) is 9.47 Å². The summed E-state index contributed by atoms with van der Waals surface area (Å²) < 4.78 is 37.8. The summed E-state index contributed by atoms with van der Waals surface area (Å²) in [5, 5.41) is 4.84. The fourth-order valence-corrected chi connectivity index (χ4v) is 2.70. The fraction of sp³-hybridized carbons (Fsp3) is 0.263. The monoisotopic (exact) mass is 376 g/mol. The van der Waals surface area contributed by atoms with Gasteiger partial charge in [0.1, 0.15) is 22.7 Å². The van der Waals surface area contributed by atoms with Gasteiger partial charge in [0.25, 0.3) is 0 Å². The van der Waals surface area contributed by atoms with Gasteiger partial charge >= 0.3 is 0 Å². The number of rotatable bonds is 6. The molecule has 0 atom stereocenters. The number of benzene rings is 2. The Bertz CT molecular complexity index is 877. The van der Waals surface area contributed by atoms with Gasteiger partial charge < -0.3 is 20.1 Å². The van der Waals surface area contributed by atoms with Crippen LogP contribution in [0.1, 0.15) is 12.8 Å². The molecule has 2 amide bonds. The molecule has 0 unspecified atom stereocenters. The number of amides is 2. The van der Waals surface area contributed by atoms with Gasteiger partial charge in [-0.3, -0.25) is 9.59 Å². The number of carbonyl (C=O) groups excluding carboxylic acids is 2. The van der Waals surface area contributed by atoms with Gasteiger partial charge in [-0.2, -0.15) is 0 Å². The lowest BCUT2D eigenvalue weighted by molar-refractivity contribution is -0.131. The summed E-state index contributed by atoms with van der Waals surface area (Å²) in [7, 11) is 2.95. The Balaban J connectivity index is 1.75. The number of ether oxygens (including phenoxy) is 2. The van der Waals surface area contributed by atoms with Crippen molar-refractivity contribution in [2.24, 2.45) is 5.41 Å². The van der Waals surface area contributed by atoms with E-state index >= 15 is 0 Å². The van der Waals surface area contributed by atoms with E-state index in [2.05, 4.69) is 10.6 Å². The van der Waals surface area contributed by atoms with Crippen LogP contribution >= 0.6 is 0 Å². The Morgan fingerprint density at radius 2 is 1.52 bits per heavy atom. The molecule has 0 aromatic heterocycles. The van der Waals surface area contributed by atoms with Crippen molar-refractivity contribution in [3.63, 3.8) is 0 Å². The van der Waals surface area contributed by atoms with E-state index in [1.54, 1.807) is 18.2 Å². The Morgan fingerprint density at radius 3 is 2.07 bits per heavy atom. The molecule has 0 aliphatic heterocycles. The van der Waals surface area contributed by atoms with Crippen molar-refractivity contribution in [2.75, 3.05) is 24.9 Å². The molecule has 1 aliphatic rings. The Labute approximate surface area is 154 Å².